The number of likely N-dealkylation sites (tertiary alicyclic amines) is 1. The van der Waals surface area contributed by atoms with Gasteiger partial charge in [0.25, 0.3) is 5.69 Å². The van der Waals surface area contributed by atoms with Gasteiger partial charge in [-0.3, -0.25) is 19.7 Å². The number of hydrogen-bond donors (Lipinski definition) is 0. The second-order valence-corrected chi connectivity index (χ2v) is 8.13. The van der Waals surface area contributed by atoms with E-state index in [1.165, 1.54) is 43.3 Å². The van der Waals surface area contributed by atoms with Crippen LogP contribution in [0, 0.1) is 10.1 Å². The predicted molar refractivity (Wildman–Crippen MR) is 108 cm³/mol. The van der Waals surface area contributed by atoms with Crippen molar-refractivity contribution in [3.63, 3.8) is 0 Å². The van der Waals surface area contributed by atoms with Crippen LogP contribution in [-0.4, -0.2) is 71.3 Å². The highest BCUT2D eigenvalue weighted by molar-refractivity contribution is 5.89. The molecule has 0 saturated carbocycles. The molecule has 1 aliphatic heterocycles. The molecule has 1 aromatic rings. The van der Waals surface area contributed by atoms with Gasteiger partial charge in [-0.15, -0.1) is 0 Å². The molecule has 0 N–H and O–H groups in total. The molecule has 0 spiro atoms. The Morgan fingerprint density at radius 1 is 1.23 bits per heavy atom. The summed E-state index contributed by atoms with van der Waals surface area (Å²) in [5.74, 6) is -1.02. The Kier molecular flexibility index (Phi) is 7.55. The molecule has 0 aliphatic carbocycles. The average molecular weight is 437 g/mol. The minimum Gasteiger partial charge on any atom is -0.457 e. The lowest BCUT2D eigenvalue weighted by Gasteiger charge is -2.28. The Morgan fingerprint density at radius 3 is 2.35 bits per heavy atom. The maximum atomic E-state index is 12.6. The Labute approximate surface area is 179 Å². The fourth-order valence-electron chi connectivity index (χ4n) is 3.07. The first-order valence-electron chi connectivity index (χ1n) is 9.67. The van der Waals surface area contributed by atoms with Crippen molar-refractivity contribution in [2.24, 2.45) is 0 Å². The lowest BCUT2D eigenvalue weighted by atomic mass is 10.1. The van der Waals surface area contributed by atoms with E-state index < -0.39 is 34.7 Å². The number of rotatable bonds is 6. The van der Waals surface area contributed by atoms with E-state index in [1.807, 2.05) is 0 Å². The fraction of sp³-hybridized carbons (Fsp3) is 0.550. The molecule has 1 aliphatic rings. The molecule has 1 saturated heterocycles. The molecule has 0 unspecified atom stereocenters. The zero-order valence-corrected chi connectivity index (χ0v) is 18.2. The maximum Gasteiger partial charge on any atom is 0.410 e. The number of hydroxylamine groups is 2. The number of amides is 2. The van der Waals surface area contributed by atoms with Gasteiger partial charge in [0, 0.05) is 38.1 Å². The minimum absolute atomic E-state index is 0.0326. The van der Waals surface area contributed by atoms with E-state index in [0.29, 0.717) is 0 Å². The number of carbonyl (C=O) groups is 3. The minimum atomic E-state index is -0.734. The van der Waals surface area contributed by atoms with Crippen molar-refractivity contribution in [1.82, 2.24) is 9.96 Å². The molecule has 11 nitrogen and oxygen atoms in total. The highest BCUT2D eigenvalue weighted by Gasteiger charge is 2.40. The molecule has 11 heteroatoms. The summed E-state index contributed by atoms with van der Waals surface area (Å²) in [6.07, 6.45) is -1.07. The normalized spacial score (nSPS) is 18.4. The van der Waals surface area contributed by atoms with E-state index in [9.17, 15) is 24.5 Å². The number of carbonyl (C=O) groups excluding carboxylic acids is 3. The molecular weight excluding hydrogens is 410 g/mol. The number of nitrogens with zero attached hydrogens (tertiary/aromatic N) is 3. The van der Waals surface area contributed by atoms with Crippen molar-refractivity contribution in [2.45, 2.75) is 51.4 Å². The number of nitro groups is 1. The largest absolute Gasteiger partial charge is 0.457 e. The van der Waals surface area contributed by atoms with Crippen LogP contribution >= 0.6 is 0 Å². The maximum absolute atomic E-state index is 12.6. The SMILES string of the molecule is CON(C)C(=O)C[C@@H]1C[C@H](OC(=O)c2ccc([N+](=O)[O-])cc2)CN1C(=O)OC(C)(C)C. The monoisotopic (exact) mass is 437 g/mol. The van der Waals surface area contributed by atoms with Crippen LogP contribution in [0.3, 0.4) is 0 Å². The van der Waals surface area contributed by atoms with E-state index in [4.69, 9.17) is 14.3 Å². The number of hydrogen-bond acceptors (Lipinski definition) is 8. The number of nitro benzene ring substituents is 1. The first-order valence-corrected chi connectivity index (χ1v) is 9.67. The third kappa shape index (κ3) is 6.64. The van der Waals surface area contributed by atoms with Gasteiger partial charge in [-0.2, -0.15) is 0 Å². The van der Waals surface area contributed by atoms with Crippen molar-refractivity contribution < 1.29 is 33.6 Å². The molecule has 1 aromatic carbocycles. The lowest BCUT2D eigenvalue weighted by Crippen LogP contribution is -2.42. The van der Waals surface area contributed by atoms with Gasteiger partial charge in [-0.1, -0.05) is 0 Å². The van der Waals surface area contributed by atoms with Crippen LogP contribution in [0.5, 0.6) is 0 Å². The highest BCUT2D eigenvalue weighted by Crippen LogP contribution is 2.27. The second-order valence-electron chi connectivity index (χ2n) is 8.13. The highest BCUT2D eigenvalue weighted by atomic mass is 16.7. The van der Waals surface area contributed by atoms with Gasteiger partial charge in [-0.25, -0.2) is 14.7 Å². The van der Waals surface area contributed by atoms with E-state index in [1.54, 1.807) is 20.8 Å². The number of benzene rings is 1. The van der Waals surface area contributed by atoms with Gasteiger partial charge in [0.2, 0.25) is 5.91 Å². The summed E-state index contributed by atoms with van der Waals surface area (Å²) in [5.41, 5.74) is -0.731. The summed E-state index contributed by atoms with van der Waals surface area (Å²) in [5, 5.41) is 11.8. The molecule has 2 amide bonds. The Hall–Kier alpha value is -3.21. The summed E-state index contributed by atoms with van der Waals surface area (Å²) in [6, 6.07) is 4.47. The molecule has 170 valence electrons. The molecule has 0 aromatic heterocycles. The third-order valence-corrected chi connectivity index (χ3v) is 4.63. The van der Waals surface area contributed by atoms with Gasteiger partial charge in [-0.05, 0) is 32.9 Å². The molecule has 1 fully saturated rings. The first kappa shape index (κ1) is 24.1. The molecule has 2 atom stereocenters. The van der Waals surface area contributed by atoms with Crippen LogP contribution in [0.4, 0.5) is 10.5 Å². The first-order chi connectivity index (χ1) is 14.4. The summed E-state index contributed by atoms with van der Waals surface area (Å²) in [4.78, 5) is 53.8. The van der Waals surface area contributed by atoms with Crippen LogP contribution in [0.1, 0.15) is 44.0 Å². The average Bonchev–Trinajstić information content (AvgIpc) is 3.08. The van der Waals surface area contributed by atoms with E-state index in [-0.39, 0.29) is 36.5 Å². The quantitative estimate of drug-likeness (QED) is 0.377. The zero-order valence-electron chi connectivity index (χ0n) is 18.2. The molecule has 31 heavy (non-hydrogen) atoms. The molecule has 0 radical (unpaired) electrons. The van der Waals surface area contributed by atoms with E-state index in [0.717, 1.165) is 5.06 Å². The van der Waals surface area contributed by atoms with Crippen molar-refractivity contribution in [3.05, 3.63) is 39.9 Å². The third-order valence-electron chi connectivity index (χ3n) is 4.63. The van der Waals surface area contributed by atoms with Gasteiger partial charge in [0.15, 0.2) is 0 Å². The van der Waals surface area contributed by atoms with Gasteiger partial charge >= 0.3 is 12.1 Å². The van der Waals surface area contributed by atoms with E-state index >= 15 is 0 Å². The van der Waals surface area contributed by atoms with Crippen molar-refractivity contribution in [1.29, 1.82) is 0 Å². The van der Waals surface area contributed by atoms with Gasteiger partial charge in [0.1, 0.15) is 11.7 Å². The summed E-state index contributed by atoms with van der Waals surface area (Å²) >= 11 is 0. The number of esters is 1. The zero-order chi connectivity index (χ0) is 23.3. The molecule has 0 bridgehead atoms. The topological polar surface area (TPSA) is 129 Å². The lowest BCUT2D eigenvalue weighted by molar-refractivity contribution is -0.384. The Balaban J connectivity index is 2.11. The van der Waals surface area contributed by atoms with Crippen LogP contribution in [0.25, 0.3) is 0 Å². The van der Waals surface area contributed by atoms with Crippen LogP contribution in [-0.2, 0) is 19.1 Å². The predicted octanol–water partition coefficient (Wildman–Crippen LogP) is 2.54. The summed E-state index contributed by atoms with van der Waals surface area (Å²) < 4.78 is 10.9. The fourth-order valence-corrected chi connectivity index (χ4v) is 3.07. The Morgan fingerprint density at radius 2 is 1.84 bits per heavy atom. The second kappa shape index (κ2) is 9.73. The van der Waals surface area contributed by atoms with Crippen LogP contribution in [0.2, 0.25) is 0 Å². The van der Waals surface area contributed by atoms with Crippen molar-refractivity contribution in [3.8, 4) is 0 Å². The molecule has 2 rings (SSSR count). The van der Waals surface area contributed by atoms with Crippen LogP contribution in [0.15, 0.2) is 24.3 Å². The van der Waals surface area contributed by atoms with E-state index in [2.05, 4.69) is 0 Å². The molecular formula is C20H27N3O8. The smallest absolute Gasteiger partial charge is 0.410 e. The Bertz CT molecular complexity index is 834. The standard InChI is InChI=1S/C20H27N3O8/c1-20(2,3)31-19(26)22-12-16(10-15(22)11-17(24)21(4)29-5)30-18(25)13-6-8-14(9-7-13)23(27)28/h6-9,15-16H,10-12H2,1-5H3/t15-,16-/m0/s1. The number of ether oxygens (including phenoxy) is 2. The van der Waals surface area contributed by atoms with Crippen molar-refractivity contribution >= 4 is 23.7 Å². The number of non-ortho nitro benzene ring substituents is 1. The summed E-state index contributed by atoms with van der Waals surface area (Å²) in [7, 11) is 2.81. The van der Waals surface area contributed by atoms with Crippen molar-refractivity contribution in [2.75, 3.05) is 20.7 Å². The van der Waals surface area contributed by atoms with Gasteiger partial charge in [0.05, 0.1) is 24.1 Å². The van der Waals surface area contributed by atoms with Crippen LogP contribution < -0.4 is 0 Å². The van der Waals surface area contributed by atoms with Gasteiger partial charge < -0.3 is 14.4 Å². The summed E-state index contributed by atoms with van der Waals surface area (Å²) in [6.45, 7) is 5.24. The molecule has 1 heterocycles.